The Kier molecular flexibility index (Phi) is 5.55. The van der Waals surface area contributed by atoms with Gasteiger partial charge >= 0.3 is 0 Å². The van der Waals surface area contributed by atoms with Crippen LogP contribution in [0.3, 0.4) is 0 Å². The maximum atomic E-state index is 13.4. The van der Waals surface area contributed by atoms with Crippen molar-refractivity contribution in [3.05, 3.63) is 45.8 Å². The summed E-state index contributed by atoms with van der Waals surface area (Å²) in [4.78, 5) is 13.4. The highest BCUT2D eigenvalue weighted by molar-refractivity contribution is 5.90. The van der Waals surface area contributed by atoms with Crippen molar-refractivity contribution < 1.29 is 39.8 Å². The minimum atomic E-state index is -1.51. The third-order valence-corrected chi connectivity index (χ3v) is 6.31. The highest BCUT2D eigenvalue weighted by Gasteiger charge is 2.37. The van der Waals surface area contributed by atoms with Gasteiger partial charge in [-0.1, -0.05) is 0 Å². The highest BCUT2D eigenvalue weighted by atomic mass is 16.5. The van der Waals surface area contributed by atoms with E-state index in [9.17, 15) is 35.4 Å². The molecule has 0 bridgehead atoms. The normalized spacial score (nSPS) is 17.0. The van der Waals surface area contributed by atoms with Gasteiger partial charge in [-0.05, 0) is 39.8 Å². The molecule has 1 aliphatic heterocycles. The number of aliphatic hydroxyl groups is 3. The zero-order valence-electron chi connectivity index (χ0n) is 19.3. The van der Waals surface area contributed by atoms with E-state index in [1.807, 2.05) is 0 Å². The molecule has 2 unspecified atom stereocenters. The summed E-state index contributed by atoms with van der Waals surface area (Å²) < 4.78 is 11.2. The standard InChI is InChI=1S/C25H28O9/c1-24(2,31)18(27)7-12-15(26)9-17-20(22(12)29)23(30)14(10-33-17)11-5-6-16-13(21(11)28)8-19(34-16)25(3,4)32/h5-6,9-10,18-19,26-29,31-32H,7-8H2,1-4H3. The van der Waals surface area contributed by atoms with Crippen molar-refractivity contribution in [3.63, 3.8) is 0 Å². The first-order chi connectivity index (χ1) is 15.7. The molecule has 2 atom stereocenters. The number of hydrogen-bond donors (Lipinski definition) is 6. The molecule has 0 amide bonds. The number of fused-ring (bicyclic) bond motifs is 2. The monoisotopic (exact) mass is 472 g/mol. The van der Waals surface area contributed by atoms with Crippen molar-refractivity contribution >= 4 is 11.0 Å². The number of ether oxygens (including phenoxy) is 1. The first-order valence-corrected chi connectivity index (χ1v) is 10.8. The molecule has 0 fully saturated rings. The second kappa shape index (κ2) is 7.90. The van der Waals surface area contributed by atoms with Crippen LogP contribution in [0.2, 0.25) is 0 Å². The van der Waals surface area contributed by atoms with Crippen LogP contribution in [0.5, 0.6) is 23.0 Å². The first kappa shape index (κ1) is 23.9. The Labute approximate surface area is 195 Å². The molecule has 0 radical (unpaired) electrons. The van der Waals surface area contributed by atoms with Gasteiger partial charge in [0, 0.05) is 35.6 Å². The van der Waals surface area contributed by atoms with E-state index < -0.39 is 40.3 Å². The van der Waals surface area contributed by atoms with Crippen molar-refractivity contribution in [1.29, 1.82) is 0 Å². The van der Waals surface area contributed by atoms with E-state index >= 15 is 0 Å². The van der Waals surface area contributed by atoms with E-state index in [1.54, 1.807) is 19.9 Å². The van der Waals surface area contributed by atoms with Gasteiger partial charge in [0.05, 0.1) is 22.9 Å². The molecule has 4 rings (SSSR count). The lowest BCUT2D eigenvalue weighted by Crippen LogP contribution is -2.39. The summed E-state index contributed by atoms with van der Waals surface area (Å²) in [6.07, 6.45) is -0.870. The largest absolute Gasteiger partial charge is 0.507 e. The van der Waals surface area contributed by atoms with E-state index in [2.05, 4.69) is 0 Å². The topological polar surface area (TPSA) is 161 Å². The van der Waals surface area contributed by atoms with E-state index in [1.165, 1.54) is 19.9 Å². The Morgan fingerprint density at radius 2 is 1.74 bits per heavy atom. The third kappa shape index (κ3) is 3.96. The Hall–Kier alpha value is -3.27. The number of aromatic hydroxyl groups is 3. The Morgan fingerprint density at radius 3 is 2.35 bits per heavy atom. The van der Waals surface area contributed by atoms with Crippen molar-refractivity contribution in [3.8, 4) is 34.1 Å². The van der Waals surface area contributed by atoms with Crippen LogP contribution in [0, 0.1) is 0 Å². The van der Waals surface area contributed by atoms with Crippen LogP contribution >= 0.6 is 0 Å². The van der Waals surface area contributed by atoms with Gasteiger partial charge in [-0.15, -0.1) is 0 Å². The number of phenols is 3. The van der Waals surface area contributed by atoms with Gasteiger partial charge in [0.15, 0.2) is 0 Å². The van der Waals surface area contributed by atoms with Gasteiger partial charge in [-0.2, -0.15) is 0 Å². The molecule has 182 valence electrons. The minimum Gasteiger partial charge on any atom is -0.507 e. The Morgan fingerprint density at radius 1 is 1.06 bits per heavy atom. The van der Waals surface area contributed by atoms with Gasteiger partial charge in [-0.3, -0.25) is 4.79 Å². The van der Waals surface area contributed by atoms with Crippen molar-refractivity contribution in [2.45, 2.75) is 63.9 Å². The van der Waals surface area contributed by atoms with Crippen LogP contribution in [0.1, 0.15) is 38.8 Å². The fourth-order valence-corrected chi connectivity index (χ4v) is 4.04. The van der Waals surface area contributed by atoms with E-state index in [4.69, 9.17) is 9.15 Å². The quantitative estimate of drug-likeness (QED) is 0.327. The summed E-state index contributed by atoms with van der Waals surface area (Å²) in [5.74, 6) is -0.791. The summed E-state index contributed by atoms with van der Waals surface area (Å²) in [5, 5.41) is 62.3. The SMILES string of the molecule is CC(C)(O)C(O)Cc1c(O)cc2occ(-c3ccc4c(c3O)CC(C(C)(C)O)O4)c(=O)c2c1O. The van der Waals surface area contributed by atoms with Crippen LogP contribution in [0.25, 0.3) is 22.1 Å². The maximum absolute atomic E-state index is 13.4. The molecule has 6 N–H and O–H groups in total. The minimum absolute atomic E-state index is 0.0329. The molecule has 9 heteroatoms. The average molecular weight is 472 g/mol. The summed E-state index contributed by atoms with van der Waals surface area (Å²) in [6.45, 7) is 5.96. The number of hydrogen-bond acceptors (Lipinski definition) is 9. The average Bonchev–Trinajstić information content (AvgIpc) is 3.17. The smallest absolute Gasteiger partial charge is 0.204 e. The zero-order chi connectivity index (χ0) is 25.2. The second-order valence-electron chi connectivity index (χ2n) is 9.85. The lowest BCUT2D eigenvalue weighted by atomic mass is 9.92. The molecule has 9 nitrogen and oxygen atoms in total. The van der Waals surface area contributed by atoms with Crippen LogP contribution in [0.4, 0.5) is 0 Å². The molecule has 1 aliphatic rings. The molecule has 0 aliphatic carbocycles. The molecular formula is C25H28O9. The summed E-state index contributed by atoms with van der Waals surface area (Å²) >= 11 is 0. The number of rotatable bonds is 5. The van der Waals surface area contributed by atoms with Crippen LogP contribution in [-0.2, 0) is 12.8 Å². The summed E-state index contributed by atoms with van der Waals surface area (Å²) in [7, 11) is 0. The number of benzene rings is 2. The molecule has 34 heavy (non-hydrogen) atoms. The first-order valence-electron chi connectivity index (χ1n) is 10.8. The number of phenolic OH excluding ortho intramolecular Hbond substituents is 3. The van der Waals surface area contributed by atoms with Gasteiger partial charge in [-0.25, -0.2) is 0 Å². The molecule has 0 spiro atoms. The van der Waals surface area contributed by atoms with E-state index in [0.29, 0.717) is 11.3 Å². The molecule has 0 saturated heterocycles. The predicted molar refractivity (Wildman–Crippen MR) is 123 cm³/mol. The zero-order valence-corrected chi connectivity index (χ0v) is 19.3. The van der Waals surface area contributed by atoms with Crippen molar-refractivity contribution in [2.24, 2.45) is 0 Å². The molecular weight excluding hydrogens is 444 g/mol. The van der Waals surface area contributed by atoms with Crippen LogP contribution < -0.4 is 10.2 Å². The summed E-state index contributed by atoms with van der Waals surface area (Å²) in [5.41, 5.74) is -2.97. The van der Waals surface area contributed by atoms with Crippen LogP contribution in [-0.4, -0.2) is 54.0 Å². The van der Waals surface area contributed by atoms with Gasteiger partial charge < -0.3 is 39.8 Å². The van der Waals surface area contributed by atoms with Gasteiger partial charge in [0.2, 0.25) is 5.43 Å². The molecule has 3 aromatic rings. The van der Waals surface area contributed by atoms with Crippen molar-refractivity contribution in [2.75, 3.05) is 0 Å². The molecule has 1 aromatic heterocycles. The fraction of sp³-hybridized carbons (Fsp3) is 0.400. The Bertz CT molecular complexity index is 1330. The molecule has 0 saturated carbocycles. The number of aliphatic hydroxyl groups excluding tert-OH is 1. The van der Waals surface area contributed by atoms with Crippen molar-refractivity contribution in [1.82, 2.24) is 0 Å². The molecule has 2 heterocycles. The lowest BCUT2D eigenvalue weighted by Gasteiger charge is -2.25. The van der Waals surface area contributed by atoms with Gasteiger partial charge in [0.1, 0.15) is 46.3 Å². The third-order valence-electron chi connectivity index (χ3n) is 6.31. The van der Waals surface area contributed by atoms with E-state index in [-0.39, 0.29) is 46.3 Å². The Balaban J connectivity index is 1.84. The predicted octanol–water partition coefficient (Wildman–Crippen LogP) is 2.33. The summed E-state index contributed by atoms with van der Waals surface area (Å²) in [6, 6.07) is 4.22. The molecule has 2 aromatic carbocycles. The highest BCUT2D eigenvalue weighted by Crippen LogP contribution is 2.44. The lowest BCUT2D eigenvalue weighted by molar-refractivity contribution is -0.0472. The van der Waals surface area contributed by atoms with E-state index in [0.717, 1.165) is 12.3 Å². The van der Waals surface area contributed by atoms with Crippen LogP contribution in [0.15, 0.2) is 33.7 Å². The second-order valence-corrected chi connectivity index (χ2v) is 9.85. The fourth-order valence-electron chi connectivity index (χ4n) is 4.04. The maximum Gasteiger partial charge on any atom is 0.204 e. The van der Waals surface area contributed by atoms with Gasteiger partial charge in [0.25, 0.3) is 0 Å².